The largest absolute Gasteiger partial charge is 0.484 e. The van der Waals surface area contributed by atoms with Crippen LogP contribution < -0.4 is 10.1 Å². The molecule has 4 rings (SSSR count). The van der Waals surface area contributed by atoms with Crippen LogP contribution in [-0.2, 0) is 17.9 Å². The van der Waals surface area contributed by atoms with Gasteiger partial charge in [-0.15, -0.1) is 0 Å². The number of H-pyrrole nitrogens is 1. The van der Waals surface area contributed by atoms with Crippen LogP contribution >= 0.6 is 0 Å². The van der Waals surface area contributed by atoms with E-state index in [9.17, 15) is 9.18 Å². The number of aryl methyl sites for hydroxylation is 1. The molecule has 0 radical (unpaired) electrons. The molecule has 0 spiro atoms. The molecule has 1 fully saturated rings. The van der Waals surface area contributed by atoms with Crippen molar-refractivity contribution in [3.8, 4) is 5.75 Å². The van der Waals surface area contributed by atoms with Crippen LogP contribution in [0, 0.1) is 18.1 Å². The number of nitrogens with one attached hydrogen (secondary N) is 2. The fourth-order valence-corrected chi connectivity index (χ4v) is 2.73. The second-order valence-corrected chi connectivity index (χ2v) is 6.88. The number of hydrogen-bond donors (Lipinski definition) is 2. The fourth-order valence-electron chi connectivity index (χ4n) is 2.73. The zero-order chi connectivity index (χ0) is 20.8. The lowest BCUT2D eigenvalue weighted by Gasteiger charge is -2.08. The molecule has 0 saturated heterocycles. The lowest BCUT2D eigenvalue weighted by molar-refractivity contribution is -0.125. The third-order valence-corrected chi connectivity index (χ3v) is 4.65. The van der Waals surface area contributed by atoms with Gasteiger partial charge in [0.1, 0.15) is 18.1 Å². The lowest BCUT2D eigenvalue weighted by atomic mass is 10.1. The summed E-state index contributed by atoms with van der Waals surface area (Å²) in [6.45, 7) is -0.271. The first-order valence-electron chi connectivity index (χ1n) is 9.82. The monoisotopic (exact) mass is 360 g/mol. The van der Waals surface area contributed by atoms with Crippen LogP contribution in [0.2, 0.25) is 0 Å². The molecule has 1 saturated carbocycles. The van der Waals surface area contributed by atoms with Crippen molar-refractivity contribution in [3.63, 3.8) is 0 Å². The molecular weight excluding hydrogens is 337 g/mol. The molecule has 2 N–H and O–H groups in total. The molecule has 1 aliphatic rings. The summed E-state index contributed by atoms with van der Waals surface area (Å²) in [5, 5.41) is 7.18. The molecule has 2 aromatic heterocycles. The Labute approximate surface area is 153 Å². The Hall–Kier alpha value is -2.83. The second-order valence-electron chi connectivity index (χ2n) is 6.88. The lowest BCUT2D eigenvalue weighted by Crippen LogP contribution is -2.29. The summed E-state index contributed by atoms with van der Waals surface area (Å²) in [4.78, 5) is 15.2. The molecule has 7 heteroatoms. The Bertz CT molecular complexity index is 1070. The van der Waals surface area contributed by atoms with Crippen LogP contribution in [-0.4, -0.2) is 16.0 Å². The number of rotatable bonds is 6. The number of carbonyl (C=O) groups excluding carboxylic acids is 1. The van der Waals surface area contributed by atoms with Crippen molar-refractivity contribution in [3.05, 3.63) is 47.2 Å². The smallest absolute Gasteiger partial charge is 0.226 e. The molecule has 0 atom stereocenters. The average Bonchev–Trinajstić information content (AvgIpc) is 3.07. The Morgan fingerprint density at radius 2 is 2.31 bits per heavy atom. The van der Waals surface area contributed by atoms with Crippen LogP contribution in [0.25, 0.3) is 10.9 Å². The zero-order valence-corrected chi connectivity index (χ0v) is 14.2. The van der Waals surface area contributed by atoms with E-state index in [4.69, 9.17) is 13.4 Å². The van der Waals surface area contributed by atoms with E-state index in [1.807, 2.05) is 6.92 Å². The molecule has 3 aromatic rings. The fraction of sp³-hybridized carbons (Fsp3) is 0.368. The van der Waals surface area contributed by atoms with Crippen LogP contribution in [0.15, 0.2) is 28.8 Å². The first kappa shape index (κ1) is 13.4. The zero-order valence-electron chi connectivity index (χ0n) is 17.2. The maximum Gasteiger partial charge on any atom is 0.226 e. The Balaban J connectivity index is 1.44. The number of halogens is 1. The number of aromatic nitrogens is 2. The number of amides is 1. The van der Waals surface area contributed by atoms with Gasteiger partial charge in [0.25, 0.3) is 0 Å². The Morgan fingerprint density at radius 3 is 3.04 bits per heavy atom. The van der Waals surface area contributed by atoms with Gasteiger partial charge in [0.05, 0.1) is 6.54 Å². The van der Waals surface area contributed by atoms with E-state index >= 15 is 0 Å². The van der Waals surface area contributed by atoms with Crippen molar-refractivity contribution in [2.75, 3.05) is 0 Å². The first-order chi connectivity index (χ1) is 13.6. The minimum Gasteiger partial charge on any atom is -0.484 e. The predicted molar refractivity (Wildman–Crippen MR) is 93.0 cm³/mol. The van der Waals surface area contributed by atoms with Gasteiger partial charge in [-0.3, -0.25) is 4.79 Å². The first-order valence-corrected chi connectivity index (χ1v) is 8.32. The van der Waals surface area contributed by atoms with Crippen LogP contribution in [0.4, 0.5) is 4.39 Å². The van der Waals surface area contributed by atoms with Crippen molar-refractivity contribution in [1.82, 2.24) is 15.5 Å². The maximum atomic E-state index is 14.4. The Kier molecular flexibility index (Phi) is 3.17. The SMILES string of the molecule is [2H]C([2H])([2H])c1cc(COc2cc3[nH]c(CNC(=O)C4(C)CC4)cc3cc2F)no1. The quantitative estimate of drug-likeness (QED) is 0.704. The van der Waals surface area contributed by atoms with Gasteiger partial charge in [-0.05, 0) is 31.8 Å². The third kappa shape index (κ3) is 3.29. The number of nitrogens with zero attached hydrogens (tertiary/aromatic N) is 1. The van der Waals surface area contributed by atoms with Gasteiger partial charge < -0.3 is 19.6 Å². The van der Waals surface area contributed by atoms with Gasteiger partial charge in [0.15, 0.2) is 11.6 Å². The van der Waals surface area contributed by atoms with Crippen molar-refractivity contribution >= 4 is 16.8 Å². The van der Waals surface area contributed by atoms with Gasteiger partial charge in [0, 0.05) is 38.3 Å². The average molecular weight is 360 g/mol. The van der Waals surface area contributed by atoms with E-state index < -0.39 is 12.7 Å². The molecule has 0 aliphatic heterocycles. The highest BCUT2D eigenvalue weighted by atomic mass is 19.1. The van der Waals surface area contributed by atoms with Crippen molar-refractivity contribution in [2.45, 2.75) is 39.8 Å². The van der Waals surface area contributed by atoms with Gasteiger partial charge >= 0.3 is 0 Å². The van der Waals surface area contributed by atoms with E-state index in [2.05, 4.69) is 15.5 Å². The molecule has 0 bridgehead atoms. The highest BCUT2D eigenvalue weighted by molar-refractivity contribution is 5.85. The van der Waals surface area contributed by atoms with Crippen molar-refractivity contribution in [2.24, 2.45) is 5.41 Å². The summed E-state index contributed by atoms with van der Waals surface area (Å²) >= 11 is 0. The summed E-state index contributed by atoms with van der Waals surface area (Å²) in [5.41, 5.74) is 1.42. The van der Waals surface area contributed by atoms with Gasteiger partial charge in [-0.25, -0.2) is 4.39 Å². The summed E-state index contributed by atoms with van der Waals surface area (Å²) < 4.78 is 46.4. The molecular formula is C19H20FN3O3. The minimum atomic E-state index is -2.40. The molecule has 1 aliphatic carbocycles. The minimum absolute atomic E-state index is 0.00105. The van der Waals surface area contributed by atoms with Crippen LogP contribution in [0.3, 0.4) is 0 Å². The molecule has 1 amide bonds. The van der Waals surface area contributed by atoms with E-state index in [0.717, 1.165) is 18.5 Å². The predicted octanol–water partition coefficient (Wildman–Crippen LogP) is 3.60. The Morgan fingerprint density at radius 1 is 1.46 bits per heavy atom. The highest BCUT2D eigenvalue weighted by Gasteiger charge is 2.44. The molecule has 6 nitrogen and oxygen atoms in total. The number of carbonyl (C=O) groups is 1. The molecule has 0 unspecified atom stereocenters. The second kappa shape index (κ2) is 6.16. The highest BCUT2D eigenvalue weighted by Crippen LogP contribution is 2.45. The number of fused-ring (bicyclic) bond motifs is 1. The summed E-state index contributed by atoms with van der Waals surface area (Å²) in [6, 6.07) is 5.89. The van der Waals surface area contributed by atoms with E-state index in [0.29, 0.717) is 17.4 Å². The van der Waals surface area contributed by atoms with Crippen molar-refractivity contribution < 1.29 is 22.6 Å². The summed E-state index contributed by atoms with van der Waals surface area (Å²) in [7, 11) is 0. The summed E-state index contributed by atoms with van der Waals surface area (Å²) in [6.07, 6.45) is 1.80. The number of benzene rings is 1. The van der Waals surface area contributed by atoms with E-state index in [1.54, 1.807) is 6.07 Å². The number of hydrogen-bond acceptors (Lipinski definition) is 4. The van der Waals surface area contributed by atoms with Crippen molar-refractivity contribution in [1.29, 1.82) is 0 Å². The van der Waals surface area contributed by atoms with E-state index in [1.165, 1.54) is 18.2 Å². The van der Waals surface area contributed by atoms with E-state index in [-0.39, 0.29) is 35.1 Å². The van der Waals surface area contributed by atoms with Gasteiger partial charge in [0.2, 0.25) is 5.91 Å². The maximum absolute atomic E-state index is 14.4. The number of aromatic amines is 1. The van der Waals surface area contributed by atoms with Gasteiger partial charge in [-0.1, -0.05) is 12.1 Å². The molecule has 2 heterocycles. The molecule has 136 valence electrons. The van der Waals surface area contributed by atoms with Crippen LogP contribution in [0.1, 0.15) is 41.0 Å². The summed E-state index contributed by atoms with van der Waals surface area (Å²) in [5.74, 6) is -0.783. The normalized spacial score (nSPS) is 17.4. The molecule has 1 aromatic carbocycles. The topological polar surface area (TPSA) is 80.1 Å². The molecule has 26 heavy (non-hydrogen) atoms. The van der Waals surface area contributed by atoms with Gasteiger partial charge in [-0.2, -0.15) is 0 Å². The standard InChI is InChI=1S/C19H20FN3O3/c1-11-5-14(23-26-11)10-25-17-8-16-12(7-15(17)20)6-13(22-16)9-21-18(24)19(2)3-4-19/h5-8,22H,3-4,9-10H2,1-2H3,(H,21,24)/i1D3. The van der Waals surface area contributed by atoms with Crippen LogP contribution in [0.5, 0.6) is 5.75 Å². The third-order valence-electron chi connectivity index (χ3n) is 4.65. The number of ether oxygens (including phenoxy) is 1.